The molecule has 0 aromatic heterocycles. The molecule has 0 bridgehead atoms. The van der Waals surface area contributed by atoms with E-state index in [2.05, 4.69) is 5.32 Å². The van der Waals surface area contributed by atoms with E-state index in [1.165, 1.54) is 0 Å². The van der Waals surface area contributed by atoms with Gasteiger partial charge >= 0.3 is 6.09 Å². The molecule has 1 amide bonds. The molecule has 0 heterocycles. The fraction of sp³-hybridized carbons (Fsp3) is 0.588. The second-order valence-corrected chi connectivity index (χ2v) is 6.31. The molecule has 0 spiro atoms. The van der Waals surface area contributed by atoms with Crippen LogP contribution in [0.3, 0.4) is 0 Å². The minimum Gasteiger partial charge on any atom is -0.494 e. The maximum Gasteiger partial charge on any atom is 0.407 e. The van der Waals surface area contributed by atoms with Crippen LogP contribution in [-0.2, 0) is 4.74 Å². The van der Waals surface area contributed by atoms with Crippen molar-refractivity contribution in [3.8, 4) is 5.75 Å². The van der Waals surface area contributed by atoms with Crippen LogP contribution in [0.4, 0.5) is 4.79 Å². The summed E-state index contributed by atoms with van der Waals surface area (Å²) >= 11 is 0. The second kappa shape index (κ2) is 8.74. The van der Waals surface area contributed by atoms with Gasteiger partial charge in [0, 0.05) is 6.54 Å². The summed E-state index contributed by atoms with van der Waals surface area (Å²) in [7, 11) is 0. The number of rotatable bonds is 7. The van der Waals surface area contributed by atoms with Gasteiger partial charge in [0.15, 0.2) is 0 Å². The highest BCUT2D eigenvalue weighted by molar-refractivity contribution is 5.67. The van der Waals surface area contributed by atoms with Crippen LogP contribution < -0.4 is 10.1 Å². The van der Waals surface area contributed by atoms with Crippen molar-refractivity contribution in [2.75, 3.05) is 13.2 Å². The summed E-state index contributed by atoms with van der Waals surface area (Å²) in [4.78, 5) is 11.5. The third kappa shape index (κ3) is 7.34. The lowest BCUT2D eigenvalue weighted by Gasteiger charge is -2.22. The van der Waals surface area contributed by atoms with Crippen molar-refractivity contribution in [2.24, 2.45) is 0 Å². The number of hydrogen-bond donors (Lipinski definition) is 3. The molecule has 2 atom stereocenters. The number of alkyl carbamates (subject to hydrolysis) is 1. The smallest absolute Gasteiger partial charge is 0.407 e. The highest BCUT2D eigenvalue weighted by atomic mass is 16.6. The molecule has 23 heavy (non-hydrogen) atoms. The molecule has 1 aromatic rings. The van der Waals surface area contributed by atoms with Gasteiger partial charge in [0.25, 0.3) is 0 Å². The number of carbonyl (C=O) groups is 1. The molecular formula is C17H27NO5. The molecule has 0 saturated carbocycles. The molecule has 1 aromatic carbocycles. The number of aliphatic hydroxyl groups excluding tert-OH is 2. The van der Waals surface area contributed by atoms with E-state index >= 15 is 0 Å². The first-order valence-electron chi connectivity index (χ1n) is 7.78. The second-order valence-electron chi connectivity index (χ2n) is 6.31. The third-order valence-corrected chi connectivity index (χ3v) is 2.91. The number of carbonyl (C=O) groups excluding carboxylic acids is 1. The van der Waals surface area contributed by atoms with Crippen LogP contribution in [0.2, 0.25) is 0 Å². The van der Waals surface area contributed by atoms with Gasteiger partial charge in [-0.15, -0.1) is 0 Å². The Morgan fingerprint density at radius 3 is 2.35 bits per heavy atom. The van der Waals surface area contributed by atoms with Crippen molar-refractivity contribution in [3.63, 3.8) is 0 Å². The van der Waals surface area contributed by atoms with Crippen molar-refractivity contribution >= 4 is 6.09 Å². The maximum atomic E-state index is 11.5. The normalized spacial score (nSPS) is 14.0. The molecule has 0 fully saturated rings. The first-order chi connectivity index (χ1) is 10.7. The van der Waals surface area contributed by atoms with Gasteiger partial charge in [0.2, 0.25) is 0 Å². The minimum atomic E-state index is -1.13. The Kier molecular flexibility index (Phi) is 7.32. The molecule has 6 nitrogen and oxygen atoms in total. The van der Waals surface area contributed by atoms with Crippen molar-refractivity contribution in [2.45, 2.75) is 51.9 Å². The molecule has 3 N–H and O–H groups in total. The quantitative estimate of drug-likeness (QED) is 0.716. The zero-order valence-corrected chi connectivity index (χ0v) is 14.2. The topological polar surface area (TPSA) is 88.0 Å². The number of nitrogens with one attached hydrogen (secondary N) is 1. The lowest BCUT2D eigenvalue weighted by Crippen LogP contribution is -2.38. The van der Waals surface area contributed by atoms with Crippen LogP contribution in [0.25, 0.3) is 0 Å². The fourth-order valence-electron chi connectivity index (χ4n) is 1.82. The molecule has 1 rings (SSSR count). The highest BCUT2D eigenvalue weighted by Gasteiger charge is 2.21. The summed E-state index contributed by atoms with van der Waals surface area (Å²) in [6.07, 6.45) is -1.96. The molecule has 0 saturated heterocycles. The zero-order valence-electron chi connectivity index (χ0n) is 14.2. The van der Waals surface area contributed by atoms with Gasteiger partial charge in [0.05, 0.1) is 6.61 Å². The van der Waals surface area contributed by atoms with E-state index in [-0.39, 0.29) is 6.54 Å². The van der Waals surface area contributed by atoms with Gasteiger partial charge in [-0.3, -0.25) is 0 Å². The van der Waals surface area contributed by atoms with E-state index in [9.17, 15) is 15.0 Å². The Hall–Kier alpha value is -1.79. The van der Waals surface area contributed by atoms with Crippen LogP contribution in [0, 0.1) is 0 Å². The summed E-state index contributed by atoms with van der Waals surface area (Å²) in [6, 6.07) is 6.85. The molecule has 0 aliphatic rings. The van der Waals surface area contributed by atoms with E-state index in [1.54, 1.807) is 45.0 Å². The average Bonchev–Trinajstić information content (AvgIpc) is 2.48. The molecule has 0 radical (unpaired) electrons. The summed E-state index contributed by atoms with van der Waals surface area (Å²) in [5, 5.41) is 22.5. The summed E-state index contributed by atoms with van der Waals surface area (Å²) in [6.45, 7) is 7.79. The Balaban J connectivity index is 2.49. The average molecular weight is 325 g/mol. The third-order valence-electron chi connectivity index (χ3n) is 2.91. The maximum absolute atomic E-state index is 11.5. The SMILES string of the molecule is CCCOc1ccc(C(O)C(O)CNC(=O)OC(C)(C)C)cc1. The summed E-state index contributed by atoms with van der Waals surface area (Å²) in [5.74, 6) is 0.712. The van der Waals surface area contributed by atoms with Gasteiger partial charge in [-0.2, -0.15) is 0 Å². The van der Waals surface area contributed by atoms with Crippen molar-refractivity contribution < 1.29 is 24.5 Å². The van der Waals surface area contributed by atoms with E-state index < -0.39 is 23.9 Å². The Labute approximate surface area is 137 Å². The first-order valence-corrected chi connectivity index (χ1v) is 7.78. The predicted molar refractivity (Wildman–Crippen MR) is 87.4 cm³/mol. The molecule has 0 aliphatic heterocycles. The Morgan fingerprint density at radius 1 is 1.22 bits per heavy atom. The zero-order chi connectivity index (χ0) is 17.5. The number of ether oxygens (including phenoxy) is 2. The Morgan fingerprint density at radius 2 is 1.83 bits per heavy atom. The fourth-order valence-corrected chi connectivity index (χ4v) is 1.82. The van der Waals surface area contributed by atoms with E-state index in [0.29, 0.717) is 17.9 Å². The largest absolute Gasteiger partial charge is 0.494 e. The van der Waals surface area contributed by atoms with Gasteiger partial charge in [-0.25, -0.2) is 4.79 Å². The number of hydrogen-bond acceptors (Lipinski definition) is 5. The molecule has 6 heteroatoms. The van der Waals surface area contributed by atoms with Crippen LogP contribution in [-0.4, -0.2) is 41.2 Å². The van der Waals surface area contributed by atoms with Crippen LogP contribution in [0.15, 0.2) is 24.3 Å². The van der Waals surface area contributed by atoms with Gasteiger partial charge in [0.1, 0.15) is 23.6 Å². The first kappa shape index (κ1) is 19.3. The number of aliphatic hydroxyl groups is 2. The lowest BCUT2D eigenvalue weighted by atomic mass is 10.0. The van der Waals surface area contributed by atoms with E-state index in [0.717, 1.165) is 6.42 Å². The minimum absolute atomic E-state index is 0.107. The lowest BCUT2D eigenvalue weighted by molar-refractivity contribution is 0.0129. The molecule has 0 aliphatic carbocycles. The monoisotopic (exact) mass is 325 g/mol. The Bertz CT molecular complexity index is 481. The standard InChI is InChI=1S/C17H27NO5/c1-5-10-22-13-8-6-12(7-9-13)15(20)14(19)11-18-16(21)23-17(2,3)4/h6-9,14-15,19-20H,5,10-11H2,1-4H3,(H,18,21). The molecule has 2 unspecified atom stereocenters. The van der Waals surface area contributed by atoms with Gasteiger partial charge in [-0.05, 0) is 44.9 Å². The summed E-state index contributed by atoms with van der Waals surface area (Å²) in [5.41, 5.74) is -0.0607. The van der Waals surface area contributed by atoms with Gasteiger partial charge in [-0.1, -0.05) is 19.1 Å². The van der Waals surface area contributed by atoms with Crippen molar-refractivity contribution in [3.05, 3.63) is 29.8 Å². The van der Waals surface area contributed by atoms with Crippen LogP contribution >= 0.6 is 0 Å². The predicted octanol–water partition coefficient (Wildman–Crippen LogP) is 2.39. The van der Waals surface area contributed by atoms with Crippen LogP contribution in [0.1, 0.15) is 45.8 Å². The summed E-state index contributed by atoms with van der Waals surface area (Å²) < 4.78 is 10.5. The van der Waals surface area contributed by atoms with Crippen LogP contribution in [0.5, 0.6) is 5.75 Å². The number of benzene rings is 1. The highest BCUT2D eigenvalue weighted by Crippen LogP contribution is 2.20. The van der Waals surface area contributed by atoms with Crippen molar-refractivity contribution in [1.29, 1.82) is 0 Å². The molecule has 130 valence electrons. The van der Waals surface area contributed by atoms with E-state index in [4.69, 9.17) is 9.47 Å². The van der Waals surface area contributed by atoms with E-state index in [1.807, 2.05) is 6.92 Å². The van der Waals surface area contributed by atoms with Gasteiger partial charge < -0.3 is 25.0 Å². The number of amides is 1. The molecular weight excluding hydrogens is 298 g/mol. The van der Waals surface area contributed by atoms with Crippen molar-refractivity contribution in [1.82, 2.24) is 5.32 Å².